The number of aryl methyl sites for hydroxylation is 1. The van der Waals surface area contributed by atoms with Gasteiger partial charge in [-0.05, 0) is 26.0 Å². The molecule has 23 heavy (non-hydrogen) atoms. The zero-order valence-electron chi connectivity index (χ0n) is 13.5. The molecule has 1 aliphatic heterocycles. The number of hydrogen-bond acceptors (Lipinski definition) is 4. The van der Waals surface area contributed by atoms with E-state index in [1.165, 1.54) is 6.07 Å². The molecule has 0 bridgehead atoms. The number of carbonyl (C=O) groups excluding carboxylic acids is 1. The van der Waals surface area contributed by atoms with Crippen LogP contribution in [0.3, 0.4) is 0 Å². The summed E-state index contributed by atoms with van der Waals surface area (Å²) in [5.41, 5.74) is 0.173. The zero-order chi connectivity index (χ0) is 16.6. The molecule has 0 saturated heterocycles. The predicted molar refractivity (Wildman–Crippen MR) is 84.1 cm³/mol. The van der Waals surface area contributed by atoms with Gasteiger partial charge in [0.05, 0.1) is 19.7 Å². The van der Waals surface area contributed by atoms with Gasteiger partial charge in [0.25, 0.3) is 11.5 Å². The minimum Gasteiger partial charge on any atom is -0.366 e. The van der Waals surface area contributed by atoms with E-state index in [4.69, 9.17) is 4.74 Å². The fraction of sp³-hybridized carbons (Fsp3) is 0.438. The molecule has 0 saturated carbocycles. The molecule has 7 heteroatoms. The van der Waals surface area contributed by atoms with Gasteiger partial charge in [-0.3, -0.25) is 14.2 Å². The summed E-state index contributed by atoms with van der Waals surface area (Å²) >= 11 is 0. The standard InChI is InChI=1S/C16H20N4O3/c1-16(2)15-18-12(9-13(21)20(15)7-8-23-16)14(22)17-10-11-5-4-6-19(11)3/h4-6,9H,7-8,10H2,1-3H3,(H,17,22). The topological polar surface area (TPSA) is 78.2 Å². The van der Waals surface area contributed by atoms with Crippen LogP contribution in [0.1, 0.15) is 35.9 Å². The molecule has 0 fully saturated rings. The summed E-state index contributed by atoms with van der Waals surface area (Å²) in [6.07, 6.45) is 1.91. The third-order valence-corrected chi connectivity index (χ3v) is 4.04. The maximum Gasteiger partial charge on any atom is 0.270 e. The number of nitrogens with one attached hydrogen (secondary N) is 1. The normalized spacial score (nSPS) is 16.0. The number of carbonyl (C=O) groups is 1. The number of fused-ring (bicyclic) bond motifs is 1. The zero-order valence-corrected chi connectivity index (χ0v) is 13.5. The van der Waals surface area contributed by atoms with Gasteiger partial charge in [0.1, 0.15) is 17.1 Å². The van der Waals surface area contributed by atoms with Gasteiger partial charge in [-0.1, -0.05) is 0 Å². The molecule has 122 valence electrons. The van der Waals surface area contributed by atoms with E-state index in [9.17, 15) is 9.59 Å². The van der Waals surface area contributed by atoms with Crippen molar-refractivity contribution in [3.8, 4) is 0 Å². The third kappa shape index (κ3) is 2.92. The molecule has 1 aliphatic rings. The average molecular weight is 316 g/mol. The summed E-state index contributed by atoms with van der Waals surface area (Å²) in [6, 6.07) is 5.11. The number of ether oxygens (including phenoxy) is 1. The van der Waals surface area contributed by atoms with E-state index in [0.717, 1.165) is 5.69 Å². The van der Waals surface area contributed by atoms with Crippen LogP contribution in [0.4, 0.5) is 0 Å². The first kappa shape index (κ1) is 15.5. The van der Waals surface area contributed by atoms with E-state index < -0.39 is 5.60 Å². The molecule has 3 heterocycles. The Labute approximate surface area is 133 Å². The first-order valence-corrected chi connectivity index (χ1v) is 7.53. The lowest BCUT2D eigenvalue weighted by Crippen LogP contribution is -2.42. The summed E-state index contributed by atoms with van der Waals surface area (Å²) in [5.74, 6) is 0.119. The van der Waals surface area contributed by atoms with Crippen molar-refractivity contribution in [1.29, 1.82) is 0 Å². The molecule has 0 atom stereocenters. The second-order valence-electron chi connectivity index (χ2n) is 6.11. The number of nitrogens with zero attached hydrogens (tertiary/aromatic N) is 3. The summed E-state index contributed by atoms with van der Waals surface area (Å²) in [4.78, 5) is 28.9. The number of amides is 1. The quantitative estimate of drug-likeness (QED) is 0.907. The lowest BCUT2D eigenvalue weighted by molar-refractivity contribution is -0.0564. The fourth-order valence-electron chi connectivity index (χ4n) is 2.70. The van der Waals surface area contributed by atoms with E-state index in [-0.39, 0.29) is 17.2 Å². The lowest BCUT2D eigenvalue weighted by Gasteiger charge is -2.32. The summed E-state index contributed by atoms with van der Waals surface area (Å²) < 4.78 is 9.15. The van der Waals surface area contributed by atoms with Crippen molar-refractivity contribution in [1.82, 2.24) is 19.4 Å². The van der Waals surface area contributed by atoms with Crippen molar-refractivity contribution in [2.45, 2.75) is 32.5 Å². The van der Waals surface area contributed by atoms with Crippen LogP contribution in [0.5, 0.6) is 0 Å². The molecule has 1 N–H and O–H groups in total. The Bertz CT molecular complexity index is 804. The fourth-order valence-corrected chi connectivity index (χ4v) is 2.70. The lowest BCUT2D eigenvalue weighted by atomic mass is 10.1. The SMILES string of the molecule is Cn1cccc1CNC(=O)c1cc(=O)n2c(n1)C(C)(C)OCC2. The summed E-state index contributed by atoms with van der Waals surface area (Å²) in [7, 11) is 1.91. The van der Waals surface area contributed by atoms with Gasteiger partial charge in [0, 0.05) is 25.0 Å². The Kier molecular flexibility index (Phi) is 3.81. The van der Waals surface area contributed by atoms with Crippen molar-refractivity contribution in [3.05, 3.63) is 52.0 Å². The molecule has 2 aromatic heterocycles. The molecule has 0 radical (unpaired) electrons. The van der Waals surface area contributed by atoms with Crippen LogP contribution >= 0.6 is 0 Å². The second kappa shape index (κ2) is 5.66. The molecule has 0 unspecified atom stereocenters. The van der Waals surface area contributed by atoms with Gasteiger partial charge in [-0.15, -0.1) is 0 Å². The highest BCUT2D eigenvalue weighted by Gasteiger charge is 2.32. The van der Waals surface area contributed by atoms with Crippen LogP contribution in [0.2, 0.25) is 0 Å². The smallest absolute Gasteiger partial charge is 0.270 e. The van der Waals surface area contributed by atoms with Gasteiger partial charge in [-0.25, -0.2) is 4.98 Å². The van der Waals surface area contributed by atoms with Crippen LogP contribution < -0.4 is 10.9 Å². The van der Waals surface area contributed by atoms with Crippen molar-refractivity contribution in [2.75, 3.05) is 6.61 Å². The largest absolute Gasteiger partial charge is 0.366 e. The summed E-state index contributed by atoms with van der Waals surface area (Å²) in [6.45, 7) is 4.98. The maximum absolute atomic E-state index is 12.3. The van der Waals surface area contributed by atoms with Gasteiger partial charge in [-0.2, -0.15) is 0 Å². The Morgan fingerprint density at radius 2 is 2.26 bits per heavy atom. The maximum atomic E-state index is 12.3. The van der Waals surface area contributed by atoms with Gasteiger partial charge in [0.15, 0.2) is 0 Å². The van der Waals surface area contributed by atoms with Crippen molar-refractivity contribution in [3.63, 3.8) is 0 Å². The first-order valence-electron chi connectivity index (χ1n) is 7.53. The Balaban J connectivity index is 1.86. The molecule has 3 rings (SSSR count). The van der Waals surface area contributed by atoms with E-state index in [1.54, 1.807) is 4.57 Å². The van der Waals surface area contributed by atoms with Gasteiger partial charge >= 0.3 is 0 Å². The van der Waals surface area contributed by atoms with Gasteiger partial charge in [0.2, 0.25) is 0 Å². The monoisotopic (exact) mass is 316 g/mol. The molecule has 7 nitrogen and oxygen atoms in total. The Morgan fingerprint density at radius 3 is 2.96 bits per heavy atom. The molecule has 1 amide bonds. The number of rotatable bonds is 3. The highest BCUT2D eigenvalue weighted by atomic mass is 16.5. The number of aromatic nitrogens is 3. The number of hydrogen-bond donors (Lipinski definition) is 1. The molecule has 0 spiro atoms. The first-order chi connectivity index (χ1) is 10.9. The second-order valence-corrected chi connectivity index (χ2v) is 6.11. The van der Waals surface area contributed by atoms with E-state index in [0.29, 0.717) is 25.5 Å². The average Bonchev–Trinajstić information content (AvgIpc) is 2.90. The van der Waals surface area contributed by atoms with Crippen molar-refractivity contribution < 1.29 is 9.53 Å². The molecular formula is C16H20N4O3. The Hall–Kier alpha value is -2.41. The van der Waals surface area contributed by atoms with Crippen LogP contribution in [-0.4, -0.2) is 26.6 Å². The minimum atomic E-state index is -0.689. The van der Waals surface area contributed by atoms with E-state index in [1.807, 2.05) is 43.8 Å². The predicted octanol–water partition coefficient (Wildman–Crippen LogP) is 0.777. The molecule has 0 aromatic carbocycles. The molecule has 0 aliphatic carbocycles. The van der Waals surface area contributed by atoms with Crippen molar-refractivity contribution in [2.24, 2.45) is 7.05 Å². The third-order valence-electron chi connectivity index (χ3n) is 4.04. The van der Waals surface area contributed by atoms with Crippen LogP contribution in [0, 0.1) is 0 Å². The summed E-state index contributed by atoms with van der Waals surface area (Å²) in [5, 5.41) is 2.79. The highest BCUT2D eigenvalue weighted by molar-refractivity contribution is 5.92. The molecule has 2 aromatic rings. The molecular weight excluding hydrogens is 296 g/mol. The van der Waals surface area contributed by atoms with Crippen LogP contribution in [0.25, 0.3) is 0 Å². The highest BCUT2D eigenvalue weighted by Crippen LogP contribution is 2.25. The van der Waals surface area contributed by atoms with Crippen LogP contribution in [-0.2, 0) is 30.5 Å². The van der Waals surface area contributed by atoms with Gasteiger partial charge < -0.3 is 14.6 Å². The van der Waals surface area contributed by atoms with Crippen LogP contribution in [0.15, 0.2) is 29.2 Å². The Morgan fingerprint density at radius 1 is 1.48 bits per heavy atom. The van der Waals surface area contributed by atoms with E-state index in [2.05, 4.69) is 10.3 Å². The minimum absolute atomic E-state index is 0.119. The van der Waals surface area contributed by atoms with Crippen molar-refractivity contribution >= 4 is 5.91 Å². The van der Waals surface area contributed by atoms with E-state index >= 15 is 0 Å².